The Morgan fingerprint density at radius 2 is 1.87 bits per heavy atom. The van der Waals surface area contributed by atoms with Crippen molar-refractivity contribution in [3.05, 3.63) is 66.0 Å². The molecule has 30 heavy (non-hydrogen) atoms. The van der Waals surface area contributed by atoms with Crippen LogP contribution in [0.1, 0.15) is 43.0 Å². The van der Waals surface area contributed by atoms with Crippen LogP contribution in [0.15, 0.2) is 54.7 Å². The van der Waals surface area contributed by atoms with Crippen LogP contribution in [0.3, 0.4) is 0 Å². The number of hydrogen-bond donors (Lipinski definition) is 2. The number of urea groups is 1. The number of nitrogens with zero attached hydrogens (tertiary/aromatic N) is 3. The summed E-state index contributed by atoms with van der Waals surface area (Å²) in [6.07, 6.45) is 6.53. The fourth-order valence-corrected chi connectivity index (χ4v) is 3.82. The molecule has 0 radical (unpaired) electrons. The molecule has 0 saturated heterocycles. The largest absolute Gasteiger partial charge is 0.497 e. The minimum atomic E-state index is -0.222. The Morgan fingerprint density at radius 3 is 2.57 bits per heavy atom. The number of carbonyl (C=O) groups is 1. The molecule has 7 heteroatoms. The minimum Gasteiger partial charge on any atom is -0.497 e. The molecule has 1 saturated carbocycles. The van der Waals surface area contributed by atoms with Crippen LogP contribution in [0.25, 0.3) is 11.4 Å². The molecule has 156 valence electrons. The molecule has 2 aromatic heterocycles. The lowest BCUT2D eigenvalue weighted by Crippen LogP contribution is -2.34. The quantitative estimate of drug-likeness (QED) is 0.621. The van der Waals surface area contributed by atoms with Crippen molar-refractivity contribution in [3.8, 4) is 17.1 Å². The topological polar surface area (TPSA) is 81.1 Å². The molecule has 3 aromatic rings. The van der Waals surface area contributed by atoms with Gasteiger partial charge in [0, 0.05) is 12.7 Å². The van der Waals surface area contributed by atoms with Crippen molar-refractivity contribution in [3.63, 3.8) is 0 Å². The van der Waals surface area contributed by atoms with Crippen LogP contribution < -0.4 is 15.4 Å². The fraction of sp³-hybridized carbons (Fsp3) is 0.348. The second kappa shape index (κ2) is 9.43. The molecular weight excluding hydrogens is 378 g/mol. The smallest absolute Gasteiger partial charge is 0.315 e. The molecule has 0 atom stereocenters. The highest BCUT2D eigenvalue weighted by Crippen LogP contribution is 2.33. The van der Waals surface area contributed by atoms with E-state index < -0.39 is 0 Å². The molecule has 2 amide bonds. The van der Waals surface area contributed by atoms with Crippen molar-refractivity contribution >= 4 is 6.03 Å². The summed E-state index contributed by atoms with van der Waals surface area (Å²) >= 11 is 0. The molecule has 0 unspecified atom stereocenters. The maximum Gasteiger partial charge on any atom is 0.315 e. The third-order valence-electron chi connectivity index (χ3n) is 5.43. The number of rotatable bonds is 7. The van der Waals surface area contributed by atoms with Gasteiger partial charge in [0.2, 0.25) is 0 Å². The number of ether oxygens (including phenoxy) is 1. The molecule has 2 N–H and O–H groups in total. The Hall–Kier alpha value is -3.35. The van der Waals surface area contributed by atoms with Crippen molar-refractivity contribution in [2.45, 2.75) is 44.8 Å². The first kappa shape index (κ1) is 19.9. The Labute approximate surface area is 176 Å². The van der Waals surface area contributed by atoms with Gasteiger partial charge in [-0.25, -0.2) is 4.79 Å². The number of hydrogen-bond acceptors (Lipinski definition) is 4. The maximum absolute atomic E-state index is 12.2. The Bertz CT molecular complexity index is 963. The summed E-state index contributed by atoms with van der Waals surface area (Å²) in [5.41, 5.74) is 3.76. The number of methoxy groups -OCH3 is 1. The van der Waals surface area contributed by atoms with E-state index in [-0.39, 0.29) is 6.03 Å². The van der Waals surface area contributed by atoms with E-state index in [4.69, 9.17) is 9.84 Å². The predicted octanol–water partition coefficient (Wildman–Crippen LogP) is 4.07. The first-order valence-corrected chi connectivity index (χ1v) is 10.4. The highest BCUT2D eigenvalue weighted by atomic mass is 16.5. The average molecular weight is 406 g/mol. The third kappa shape index (κ3) is 4.79. The van der Waals surface area contributed by atoms with Crippen molar-refractivity contribution in [1.29, 1.82) is 0 Å². The summed E-state index contributed by atoms with van der Waals surface area (Å²) < 4.78 is 7.25. The first-order valence-electron chi connectivity index (χ1n) is 10.4. The number of nitrogens with one attached hydrogen (secondary N) is 2. The van der Waals surface area contributed by atoms with E-state index in [9.17, 15) is 4.79 Å². The van der Waals surface area contributed by atoms with E-state index in [1.807, 2.05) is 48.5 Å². The van der Waals surface area contributed by atoms with Crippen molar-refractivity contribution < 1.29 is 9.53 Å². The maximum atomic E-state index is 12.2. The number of benzene rings is 1. The standard InChI is InChI=1S/C23H27N5O2/c1-30-20-11-9-17(10-12-20)15-25-23(29)26-16-18-14-22(21-8-4-5-13-24-21)28(27-18)19-6-2-3-7-19/h4-5,8-14,19H,2-3,6-7,15-16H2,1H3,(H2,25,26,29). The van der Waals surface area contributed by atoms with Crippen LogP contribution in [0, 0.1) is 0 Å². The van der Waals surface area contributed by atoms with Gasteiger partial charge in [-0.15, -0.1) is 0 Å². The monoisotopic (exact) mass is 405 g/mol. The normalized spacial score (nSPS) is 13.9. The second-order valence-corrected chi connectivity index (χ2v) is 7.50. The SMILES string of the molecule is COc1ccc(CNC(=O)NCc2cc(-c3ccccn3)n(C3CCCC3)n2)cc1. The molecule has 0 spiro atoms. The van der Waals surface area contributed by atoms with Crippen LogP contribution in [-0.4, -0.2) is 27.9 Å². The highest BCUT2D eigenvalue weighted by molar-refractivity contribution is 5.73. The minimum absolute atomic E-state index is 0.222. The molecule has 1 aromatic carbocycles. The van der Waals surface area contributed by atoms with E-state index in [1.54, 1.807) is 13.3 Å². The number of aromatic nitrogens is 3. The molecule has 2 heterocycles. The van der Waals surface area contributed by atoms with Crippen LogP contribution in [0.5, 0.6) is 5.75 Å². The van der Waals surface area contributed by atoms with Crippen LogP contribution in [0.2, 0.25) is 0 Å². The molecule has 0 bridgehead atoms. The lowest BCUT2D eigenvalue weighted by Gasteiger charge is -2.13. The van der Waals surface area contributed by atoms with Gasteiger partial charge in [0.15, 0.2) is 0 Å². The summed E-state index contributed by atoms with van der Waals surface area (Å²) in [5, 5.41) is 10.6. The number of carbonyl (C=O) groups excluding carboxylic acids is 1. The van der Waals surface area contributed by atoms with Gasteiger partial charge in [-0.05, 0) is 48.7 Å². The highest BCUT2D eigenvalue weighted by Gasteiger charge is 2.22. The van der Waals surface area contributed by atoms with E-state index >= 15 is 0 Å². The fourth-order valence-electron chi connectivity index (χ4n) is 3.82. The van der Waals surface area contributed by atoms with Gasteiger partial charge in [-0.3, -0.25) is 9.67 Å². The van der Waals surface area contributed by atoms with Gasteiger partial charge in [-0.1, -0.05) is 31.0 Å². The molecule has 4 rings (SSSR count). The van der Waals surface area contributed by atoms with E-state index in [0.717, 1.165) is 41.2 Å². The predicted molar refractivity (Wildman–Crippen MR) is 115 cm³/mol. The van der Waals surface area contributed by atoms with E-state index in [0.29, 0.717) is 19.1 Å². The van der Waals surface area contributed by atoms with Gasteiger partial charge in [0.1, 0.15) is 5.75 Å². The van der Waals surface area contributed by atoms with Gasteiger partial charge in [0.25, 0.3) is 0 Å². The Balaban J connectivity index is 1.38. The van der Waals surface area contributed by atoms with Gasteiger partial charge >= 0.3 is 6.03 Å². The zero-order chi connectivity index (χ0) is 20.8. The van der Waals surface area contributed by atoms with Gasteiger partial charge in [-0.2, -0.15) is 5.10 Å². The van der Waals surface area contributed by atoms with Crippen LogP contribution in [0.4, 0.5) is 4.79 Å². The van der Waals surface area contributed by atoms with Crippen molar-refractivity contribution in [1.82, 2.24) is 25.4 Å². The second-order valence-electron chi connectivity index (χ2n) is 7.50. The summed E-state index contributed by atoms with van der Waals surface area (Å²) in [4.78, 5) is 16.7. The molecule has 1 aliphatic carbocycles. The van der Waals surface area contributed by atoms with E-state index in [2.05, 4.69) is 20.3 Å². The molecule has 1 fully saturated rings. The molecule has 7 nitrogen and oxygen atoms in total. The van der Waals surface area contributed by atoms with Crippen LogP contribution >= 0.6 is 0 Å². The van der Waals surface area contributed by atoms with Crippen molar-refractivity contribution in [2.75, 3.05) is 7.11 Å². The average Bonchev–Trinajstić information content (AvgIpc) is 3.47. The lowest BCUT2D eigenvalue weighted by atomic mass is 10.2. The molecule has 1 aliphatic rings. The zero-order valence-electron chi connectivity index (χ0n) is 17.2. The summed E-state index contributed by atoms with van der Waals surface area (Å²) in [7, 11) is 1.63. The van der Waals surface area contributed by atoms with Gasteiger partial charge < -0.3 is 15.4 Å². The van der Waals surface area contributed by atoms with Crippen molar-refractivity contribution in [2.24, 2.45) is 0 Å². The molecular formula is C23H27N5O2. The molecule has 0 aliphatic heterocycles. The lowest BCUT2D eigenvalue weighted by molar-refractivity contribution is 0.240. The summed E-state index contributed by atoms with van der Waals surface area (Å²) in [6, 6.07) is 15.7. The number of amides is 2. The van der Waals surface area contributed by atoms with E-state index in [1.165, 1.54) is 12.8 Å². The summed E-state index contributed by atoms with van der Waals surface area (Å²) in [5.74, 6) is 0.796. The Kier molecular flexibility index (Phi) is 6.27. The first-order chi connectivity index (χ1) is 14.7. The number of pyridine rings is 1. The van der Waals surface area contributed by atoms with Crippen LogP contribution in [-0.2, 0) is 13.1 Å². The van der Waals surface area contributed by atoms with Gasteiger partial charge in [0.05, 0.1) is 36.8 Å². The third-order valence-corrected chi connectivity index (χ3v) is 5.43. The summed E-state index contributed by atoms with van der Waals surface area (Å²) in [6.45, 7) is 0.819. The zero-order valence-corrected chi connectivity index (χ0v) is 17.2. The Morgan fingerprint density at radius 1 is 1.10 bits per heavy atom.